The highest BCUT2D eigenvalue weighted by molar-refractivity contribution is 5.34. The van der Waals surface area contributed by atoms with E-state index < -0.39 is 0 Å². The van der Waals surface area contributed by atoms with Crippen molar-refractivity contribution in [1.82, 2.24) is 0 Å². The number of benzene rings is 1. The average Bonchev–Trinajstić information content (AvgIpc) is 2.30. The zero-order valence-corrected chi connectivity index (χ0v) is 10.3. The molecule has 0 saturated carbocycles. The van der Waals surface area contributed by atoms with Crippen molar-refractivity contribution < 1.29 is 9.47 Å². The summed E-state index contributed by atoms with van der Waals surface area (Å²) >= 11 is 0. The first-order valence-corrected chi connectivity index (χ1v) is 5.61. The van der Waals surface area contributed by atoms with Gasteiger partial charge in [0.2, 0.25) is 0 Å². The second-order valence-electron chi connectivity index (χ2n) is 4.08. The average molecular weight is 223 g/mol. The van der Waals surface area contributed by atoms with Gasteiger partial charge in [0.05, 0.1) is 12.7 Å². The van der Waals surface area contributed by atoms with Gasteiger partial charge in [-0.25, -0.2) is 0 Å². The Morgan fingerprint density at radius 3 is 2.56 bits per heavy atom. The van der Waals surface area contributed by atoms with E-state index in [0.717, 1.165) is 17.7 Å². The fraction of sp³-hybridized carbons (Fsp3) is 0.538. The van der Waals surface area contributed by atoms with E-state index in [1.807, 2.05) is 38.1 Å². The summed E-state index contributed by atoms with van der Waals surface area (Å²) in [5.74, 6) is 0.891. The van der Waals surface area contributed by atoms with E-state index in [1.54, 1.807) is 7.11 Å². The second kappa shape index (κ2) is 5.87. The molecule has 3 heteroatoms. The molecule has 3 nitrogen and oxygen atoms in total. The zero-order valence-electron chi connectivity index (χ0n) is 10.3. The predicted molar refractivity (Wildman–Crippen MR) is 65.8 cm³/mol. The van der Waals surface area contributed by atoms with E-state index in [1.165, 1.54) is 0 Å². The molecule has 1 aromatic carbocycles. The highest BCUT2D eigenvalue weighted by atomic mass is 16.5. The minimum Gasteiger partial charge on any atom is -0.496 e. The van der Waals surface area contributed by atoms with Crippen molar-refractivity contribution in [3.8, 4) is 5.75 Å². The van der Waals surface area contributed by atoms with Crippen LogP contribution >= 0.6 is 0 Å². The Kier molecular flexibility index (Phi) is 4.77. The minimum absolute atomic E-state index is 0.316. The summed E-state index contributed by atoms with van der Waals surface area (Å²) in [4.78, 5) is 0. The molecule has 90 valence electrons. The van der Waals surface area contributed by atoms with Crippen molar-refractivity contribution in [2.45, 2.75) is 25.9 Å². The van der Waals surface area contributed by atoms with E-state index in [-0.39, 0.29) is 5.60 Å². The molecule has 0 radical (unpaired) electrons. The molecule has 1 rings (SSSR count). The maximum atomic E-state index is 5.77. The van der Waals surface area contributed by atoms with Crippen LogP contribution in [0.4, 0.5) is 0 Å². The summed E-state index contributed by atoms with van der Waals surface area (Å²) in [6, 6.07) is 7.97. The lowest BCUT2D eigenvalue weighted by Gasteiger charge is -2.28. The highest BCUT2D eigenvalue weighted by Crippen LogP contribution is 2.24. The first-order chi connectivity index (χ1) is 7.65. The smallest absolute Gasteiger partial charge is 0.122 e. The third-order valence-corrected chi connectivity index (χ3v) is 2.68. The molecule has 0 heterocycles. The molecule has 0 bridgehead atoms. The van der Waals surface area contributed by atoms with Crippen molar-refractivity contribution in [3.63, 3.8) is 0 Å². The molecule has 0 aliphatic rings. The lowest BCUT2D eigenvalue weighted by molar-refractivity contribution is -0.0174. The standard InChI is InChI=1S/C13H21NO2/c1-4-16-13(2,10-14)9-11-7-5-6-8-12(11)15-3/h5-8H,4,9-10,14H2,1-3H3. The Morgan fingerprint density at radius 2 is 2.00 bits per heavy atom. The summed E-state index contributed by atoms with van der Waals surface area (Å²) in [6.45, 7) is 5.18. The molecule has 0 amide bonds. The zero-order chi connectivity index (χ0) is 12.0. The Balaban J connectivity index is 2.85. The molecule has 1 atom stereocenters. The highest BCUT2D eigenvalue weighted by Gasteiger charge is 2.24. The van der Waals surface area contributed by atoms with Crippen LogP contribution in [0, 0.1) is 0 Å². The lowest BCUT2D eigenvalue weighted by atomic mass is 9.95. The van der Waals surface area contributed by atoms with E-state index in [4.69, 9.17) is 15.2 Å². The molecule has 0 saturated heterocycles. The van der Waals surface area contributed by atoms with Gasteiger partial charge in [-0.3, -0.25) is 0 Å². The van der Waals surface area contributed by atoms with E-state index in [0.29, 0.717) is 13.2 Å². The van der Waals surface area contributed by atoms with Gasteiger partial charge in [0.25, 0.3) is 0 Å². The number of ether oxygens (including phenoxy) is 2. The van der Waals surface area contributed by atoms with E-state index in [2.05, 4.69) is 0 Å². The number of para-hydroxylation sites is 1. The third-order valence-electron chi connectivity index (χ3n) is 2.68. The first-order valence-electron chi connectivity index (χ1n) is 5.61. The number of rotatable bonds is 6. The number of nitrogens with two attached hydrogens (primary N) is 1. The fourth-order valence-corrected chi connectivity index (χ4v) is 1.78. The molecular formula is C13H21NO2. The topological polar surface area (TPSA) is 44.5 Å². The van der Waals surface area contributed by atoms with Crippen LogP contribution in [-0.2, 0) is 11.2 Å². The first kappa shape index (κ1) is 13.0. The van der Waals surface area contributed by atoms with Crippen molar-refractivity contribution >= 4 is 0 Å². The fourth-order valence-electron chi connectivity index (χ4n) is 1.78. The molecule has 0 aromatic heterocycles. The summed E-state index contributed by atoms with van der Waals surface area (Å²) in [6.07, 6.45) is 0.765. The normalized spacial score (nSPS) is 14.5. The molecule has 0 spiro atoms. The Hall–Kier alpha value is -1.06. The van der Waals surface area contributed by atoms with Crippen molar-refractivity contribution in [2.75, 3.05) is 20.3 Å². The summed E-state index contributed by atoms with van der Waals surface area (Å²) in [5.41, 5.74) is 6.58. The van der Waals surface area contributed by atoms with Gasteiger partial charge >= 0.3 is 0 Å². The minimum atomic E-state index is -0.316. The van der Waals surface area contributed by atoms with Crippen LogP contribution in [0.1, 0.15) is 19.4 Å². The Morgan fingerprint density at radius 1 is 1.31 bits per heavy atom. The SMILES string of the molecule is CCOC(C)(CN)Cc1ccccc1OC. The molecule has 16 heavy (non-hydrogen) atoms. The van der Waals surface area contributed by atoms with Crippen LogP contribution in [-0.4, -0.2) is 25.9 Å². The van der Waals surface area contributed by atoms with Gasteiger partial charge in [-0.1, -0.05) is 18.2 Å². The summed E-state index contributed by atoms with van der Waals surface area (Å²) < 4.78 is 11.0. The quantitative estimate of drug-likeness (QED) is 0.802. The van der Waals surface area contributed by atoms with Crippen LogP contribution < -0.4 is 10.5 Å². The molecule has 0 fully saturated rings. The van der Waals surface area contributed by atoms with Crippen LogP contribution in [0.25, 0.3) is 0 Å². The predicted octanol–water partition coefficient (Wildman–Crippen LogP) is 1.99. The summed E-state index contributed by atoms with van der Waals surface area (Å²) in [5, 5.41) is 0. The monoisotopic (exact) mass is 223 g/mol. The third kappa shape index (κ3) is 3.22. The second-order valence-corrected chi connectivity index (χ2v) is 4.08. The van der Waals surface area contributed by atoms with Gasteiger partial charge < -0.3 is 15.2 Å². The van der Waals surface area contributed by atoms with E-state index in [9.17, 15) is 0 Å². The molecule has 1 unspecified atom stereocenters. The maximum Gasteiger partial charge on any atom is 0.122 e. The van der Waals surface area contributed by atoms with Gasteiger partial charge in [-0.15, -0.1) is 0 Å². The molecule has 0 aliphatic carbocycles. The van der Waals surface area contributed by atoms with Crippen molar-refractivity contribution in [1.29, 1.82) is 0 Å². The number of methoxy groups -OCH3 is 1. The Bertz CT molecular complexity index is 327. The van der Waals surface area contributed by atoms with Gasteiger partial charge in [-0.2, -0.15) is 0 Å². The van der Waals surface area contributed by atoms with E-state index >= 15 is 0 Å². The van der Waals surface area contributed by atoms with Crippen LogP contribution in [0.2, 0.25) is 0 Å². The van der Waals surface area contributed by atoms with Crippen molar-refractivity contribution in [3.05, 3.63) is 29.8 Å². The lowest BCUT2D eigenvalue weighted by Crippen LogP contribution is -2.39. The maximum absolute atomic E-state index is 5.77. The van der Waals surface area contributed by atoms with Gasteiger partial charge in [0, 0.05) is 19.6 Å². The number of hydrogen-bond acceptors (Lipinski definition) is 3. The van der Waals surface area contributed by atoms with Gasteiger partial charge in [0.1, 0.15) is 5.75 Å². The number of hydrogen-bond donors (Lipinski definition) is 1. The molecular weight excluding hydrogens is 202 g/mol. The van der Waals surface area contributed by atoms with Gasteiger partial charge in [-0.05, 0) is 25.5 Å². The summed E-state index contributed by atoms with van der Waals surface area (Å²) in [7, 11) is 1.68. The van der Waals surface area contributed by atoms with Crippen LogP contribution in [0.15, 0.2) is 24.3 Å². The van der Waals surface area contributed by atoms with Crippen LogP contribution in [0.3, 0.4) is 0 Å². The molecule has 2 N–H and O–H groups in total. The van der Waals surface area contributed by atoms with Gasteiger partial charge in [0.15, 0.2) is 0 Å². The largest absolute Gasteiger partial charge is 0.496 e. The Labute approximate surface area is 97.6 Å². The molecule has 1 aromatic rings. The van der Waals surface area contributed by atoms with Crippen LogP contribution in [0.5, 0.6) is 5.75 Å². The van der Waals surface area contributed by atoms with Crippen molar-refractivity contribution in [2.24, 2.45) is 5.73 Å². The molecule has 0 aliphatic heterocycles.